The highest BCUT2D eigenvalue weighted by atomic mass is 16.1. The molecule has 0 aliphatic rings. The summed E-state index contributed by atoms with van der Waals surface area (Å²) >= 11 is 0. The third-order valence-corrected chi connectivity index (χ3v) is 3.00. The van der Waals surface area contributed by atoms with Crippen molar-refractivity contribution in [1.29, 1.82) is 0 Å². The van der Waals surface area contributed by atoms with Crippen LogP contribution in [0.2, 0.25) is 0 Å². The lowest BCUT2D eigenvalue weighted by Crippen LogP contribution is -2.13. The number of nitrogens with zero attached hydrogens (tertiary/aromatic N) is 4. The molecule has 1 amide bonds. The molecule has 0 spiro atoms. The summed E-state index contributed by atoms with van der Waals surface area (Å²) in [5.74, 6) is -0.505. The van der Waals surface area contributed by atoms with Crippen LogP contribution in [0.15, 0.2) is 42.9 Å². The van der Waals surface area contributed by atoms with Crippen molar-refractivity contribution in [1.82, 2.24) is 19.3 Å². The number of nitrogens with two attached hydrogens (primary N) is 1. The number of hydrogen-bond acceptors (Lipinski definition) is 3. The first kappa shape index (κ1) is 11.5. The second-order valence-corrected chi connectivity index (χ2v) is 4.25. The topological polar surface area (TPSA) is 78.7 Å². The van der Waals surface area contributed by atoms with Crippen LogP contribution in [0.5, 0.6) is 0 Å². The van der Waals surface area contributed by atoms with Crippen molar-refractivity contribution in [3.8, 4) is 0 Å². The van der Waals surface area contributed by atoms with Gasteiger partial charge in [-0.1, -0.05) is 0 Å². The van der Waals surface area contributed by atoms with Gasteiger partial charge in [-0.2, -0.15) is 5.10 Å². The number of aromatic nitrogens is 4. The van der Waals surface area contributed by atoms with E-state index >= 15 is 0 Å². The fourth-order valence-corrected chi connectivity index (χ4v) is 2.04. The summed E-state index contributed by atoms with van der Waals surface area (Å²) in [6.07, 6.45) is 5.53. The van der Waals surface area contributed by atoms with E-state index in [2.05, 4.69) is 14.6 Å². The smallest absolute Gasteiger partial charge is 0.269 e. The minimum Gasteiger partial charge on any atom is -0.364 e. The molecule has 2 N–H and O–H groups in total. The van der Waals surface area contributed by atoms with Crippen LogP contribution in [0.1, 0.15) is 10.5 Å². The van der Waals surface area contributed by atoms with Gasteiger partial charge in [-0.15, -0.1) is 0 Å². The zero-order valence-corrected chi connectivity index (χ0v) is 10.2. The van der Waals surface area contributed by atoms with Crippen molar-refractivity contribution in [3.63, 3.8) is 0 Å². The maximum Gasteiger partial charge on any atom is 0.269 e. The Balaban J connectivity index is 1.76. The average molecular weight is 255 g/mol. The molecule has 0 aliphatic heterocycles. The van der Waals surface area contributed by atoms with Gasteiger partial charge in [0.15, 0.2) is 0 Å². The number of hydrogen-bond donors (Lipinski definition) is 1. The molecule has 0 radical (unpaired) electrons. The van der Waals surface area contributed by atoms with Crippen LogP contribution in [-0.4, -0.2) is 25.2 Å². The molecule has 0 aliphatic carbocycles. The zero-order valence-electron chi connectivity index (χ0n) is 10.2. The molecule has 3 rings (SSSR count). The van der Waals surface area contributed by atoms with Crippen LogP contribution in [0.25, 0.3) is 11.0 Å². The molecule has 0 fully saturated rings. The van der Waals surface area contributed by atoms with Crippen LogP contribution in [-0.2, 0) is 13.1 Å². The molecule has 3 heterocycles. The standard InChI is InChI=1S/C13H13N5O/c14-13(19)11-4-7-18(16-11)9-8-17-6-3-10-12(17)2-1-5-15-10/h1-7H,8-9H2,(H2,14,19). The number of rotatable bonds is 4. The van der Waals surface area contributed by atoms with Gasteiger partial charge in [0.2, 0.25) is 0 Å². The van der Waals surface area contributed by atoms with Gasteiger partial charge in [0.25, 0.3) is 5.91 Å². The van der Waals surface area contributed by atoms with Gasteiger partial charge < -0.3 is 10.3 Å². The summed E-state index contributed by atoms with van der Waals surface area (Å²) in [4.78, 5) is 15.2. The molecular formula is C13H13N5O. The molecule has 0 saturated carbocycles. The highest BCUT2D eigenvalue weighted by Crippen LogP contribution is 2.12. The summed E-state index contributed by atoms with van der Waals surface area (Å²) in [5, 5.41) is 4.10. The molecule has 96 valence electrons. The molecule has 0 unspecified atom stereocenters. The zero-order chi connectivity index (χ0) is 13.2. The van der Waals surface area contributed by atoms with Gasteiger partial charge in [0.1, 0.15) is 5.69 Å². The normalized spacial score (nSPS) is 10.9. The summed E-state index contributed by atoms with van der Waals surface area (Å²) in [6, 6.07) is 7.54. The molecular weight excluding hydrogens is 242 g/mol. The van der Waals surface area contributed by atoms with E-state index in [-0.39, 0.29) is 0 Å². The summed E-state index contributed by atoms with van der Waals surface area (Å²) in [5.41, 5.74) is 7.52. The van der Waals surface area contributed by atoms with Crippen LogP contribution in [0, 0.1) is 0 Å². The third-order valence-electron chi connectivity index (χ3n) is 3.00. The molecule has 0 aromatic carbocycles. The Bertz CT molecular complexity index is 727. The van der Waals surface area contributed by atoms with E-state index in [9.17, 15) is 4.79 Å². The Kier molecular flexibility index (Phi) is 2.75. The molecule has 0 bridgehead atoms. The largest absolute Gasteiger partial charge is 0.364 e. The number of aryl methyl sites for hydroxylation is 2. The lowest BCUT2D eigenvalue weighted by atomic mass is 10.4. The second-order valence-electron chi connectivity index (χ2n) is 4.25. The number of carbonyl (C=O) groups is 1. The Hall–Kier alpha value is -2.63. The van der Waals surface area contributed by atoms with E-state index in [1.807, 2.05) is 24.4 Å². The average Bonchev–Trinajstić information content (AvgIpc) is 3.03. The van der Waals surface area contributed by atoms with Gasteiger partial charge >= 0.3 is 0 Å². The highest BCUT2D eigenvalue weighted by molar-refractivity contribution is 5.90. The lowest BCUT2D eigenvalue weighted by molar-refractivity contribution is 0.0994. The van der Waals surface area contributed by atoms with E-state index in [0.717, 1.165) is 17.6 Å². The van der Waals surface area contributed by atoms with E-state index in [1.165, 1.54) is 0 Å². The van der Waals surface area contributed by atoms with E-state index in [0.29, 0.717) is 12.2 Å². The predicted octanol–water partition coefficient (Wildman–Crippen LogP) is 1.03. The summed E-state index contributed by atoms with van der Waals surface area (Å²) < 4.78 is 3.82. The van der Waals surface area contributed by atoms with Crippen molar-refractivity contribution in [2.75, 3.05) is 0 Å². The maximum atomic E-state index is 11.0. The first-order chi connectivity index (χ1) is 9.24. The predicted molar refractivity (Wildman–Crippen MR) is 70.5 cm³/mol. The number of fused-ring (bicyclic) bond motifs is 1. The van der Waals surface area contributed by atoms with Crippen LogP contribution in [0.4, 0.5) is 0 Å². The van der Waals surface area contributed by atoms with Crippen LogP contribution < -0.4 is 5.73 Å². The number of pyridine rings is 1. The molecule has 3 aromatic rings. The molecule has 0 saturated heterocycles. The van der Waals surface area contributed by atoms with E-state index in [1.54, 1.807) is 23.1 Å². The SMILES string of the molecule is NC(=O)c1ccn(CCn2ccc3ncccc32)n1. The van der Waals surface area contributed by atoms with Gasteiger partial charge in [-0.3, -0.25) is 14.5 Å². The van der Waals surface area contributed by atoms with Crippen LogP contribution in [0.3, 0.4) is 0 Å². The fourth-order valence-electron chi connectivity index (χ4n) is 2.04. The number of amides is 1. The van der Waals surface area contributed by atoms with Crippen molar-refractivity contribution in [2.45, 2.75) is 13.1 Å². The summed E-state index contributed by atoms with van der Waals surface area (Å²) in [6.45, 7) is 1.43. The first-order valence-electron chi connectivity index (χ1n) is 5.97. The van der Waals surface area contributed by atoms with Gasteiger partial charge in [-0.25, -0.2) is 0 Å². The van der Waals surface area contributed by atoms with Gasteiger partial charge in [-0.05, 0) is 24.3 Å². The van der Waals surface area contributed by atoms with E-state index in [4.69, 9.17) is 5.73 Å². The lowest BCUT2D eigenvalue weighted by Gasteiger charge is -2.05. The first-order valence-corrected chi connectivity index (χ1v) is 5.97. The maximum absolute atomic E-state index is 11.0. The third kappa shape index (κ3) is 2.20. The molecule has 6 heteroatoms. The van der Waals surface area contributed by atoms with Gasteiger partial charge in [0, 0.05) is 25.1 Å². The highest BCUT2D eigenvalue weighted by Gasteiger charge is 2.05. The Morgan fingerprint density at radius 2 is 2.11 bits per heavy atom. The van der Waals surface area contributed by atoms with Crippen molar-refractivity contribution in [3.05, 3.63) is 48.5 Å². The molecule has 3 aromatic heterocycles. The van der Waals surface area contributed by atoms with Crippen LogP contribution >= 0.6 is 0 Å². The monoisotopic (exact) mass is 255 g/mol. The van der Waals surface area contributed by atoms with Crippen molar-refractivity contribution in [2.24, 2.45) is 5.73 Å². The fraction of sp³-hybridized carbons (Fsp3) is 0.154. The number of carbonyl (C=O) groups excluding carboxylic acids is 1. The minimum atomic E-state index is -0.505. The quantitative estimate of drug-likeness (QED) is 0.756. The Morgan fingerprint density at radius 3 is 2.89 bits per heavy atom. The molecule has 19 heavy (non-hydrogen) atoms. The second kappa shape index (κ2) is 4.56. The minimum absolute atomic E-state index is 0.291. The van der Waals surface area contributed by atoms with Gasteiger partial charge in [0.05, 0.1) is 17.6 Å². The van der Waals surface area contributed by atoms with E-state index < -0.39 is 5.91 Å². The van der Waals surface area contributed by atoms with Crippen molar-refractivity contribution >= 4 is 16.9 Å². The Morgan fingerprint density at radius 1 is 1.21 bits per heavy atom. The molecule has 6 nitrogen and oxygen atoms in total. The summed E-state index contributed by atoms with van der Waals surface area (Å²) in [7, 11) is 0. The van der Waals surface area contributed by atoms with Crippen molar-refractivity contribution < 1.29 is 4.79 Å². The number of primary amides is 1. The Labute approximate surface area is 109 Å². The molecule has 0 atom stereocenters.